The first-order valence-corrected chi connectivity index (χ1v) is 5.81. The molecule has 0 spiro atoms. The highest BCUT2D eigenvalue weighted by Crippen LogP contribution is 2.31. The van der Waals surface area contributed by atoms with Gasteiger partial charge in [0.25, 0.3) is 0 Å². The maximum atomic E-state index is 6.11. The van der Waals surface area contributed by atoms with Crippen molar-refractivity contribution in [1.29, 1.82) is 0 Å². The van der Waals surface area contributed by atoms with Crippen molar-refractivity contribution >= 4 is 29.0 Å². The van der Waals surface area contributed by atoms with Gasteiger partial charge in [-0.25, -0.2) is 15.0 Å². The molecule has 1 N–H and O–H groups in total. The first-order chi connectivity index (χ1) is 8.65. The molecule has 0 aliphatic rings. The van der Waals surface area contributed by atoms with Gasteiger partial charge < -0.3 is 10.1 Å². The zero-order valence-corrected chi connectivity index (χ0v) is 11.2. The van der Waals surface area contributed by atoms with E-state index in [9.17, 15) is 0 Å². The number of halogens is 2. The first kappa shape index (κ1) is 12.9. The van der Waals surface area contributed by atoms with E-state index in [2.05, 4.69) is 20.3 Å². The van der Waals surface area contributed by atoms with Crippen molar-refractivity contribution in [1.82, 2.24) is 15.0 Å². The average molecular weight is 285 g/mol. The van der Waals surface area contributed by atoms with Gasteiger partial charge in [0.2, 0.25) is 0 Å². The molecule has 0 aliphatic heterocycles. The van der Waals surface area contributed by atoms with E-state index in [-0.39, 0.29) is 6.01 Å². The maximum Gasteiger partial charge on any atom is 0.316 e. The van der Waals surface area contributed by atoms with Gasteiger partial charge in [-0.2, -0.15) is 0 Å². The summed E-state index contributed by atoms with van der Waals surface area (Å²) < 4.78 is 4.89. The van der Waals surface area contributed by atoms with E-state index in [4.69, 9.17) is 27.9 Å². The average Bonchev–Trinajstić information content (AvgIpc) is 2.39. The molecule has 0 amide bonds. The predicted molar refractivity (Wildman–Crippen MR) is 71.4 cm³/mol. The van der Waals surface area contributed by atoms with Crippen molar-refractivity contribution in [2.45, 2.75) is 0 Å². The van der Waals surface area contributed by atoms with Gasteiger partial charge in [-0.15, -0.1) is 0 Å². The fourth-order valence-corrected chi connectivity index (χ4v) is 1.95. The van der Waals surface area contributed by atoms with Gasteiger partial charge in [0.05, 0.1) is 22.8 Å². The number of rotatable bonds is 3. The van der Waals surface area contributed by atoms with Crippen LogP contribution in [0.4, 0.5) is 5.82 Å². The second-order valence-corrected chi connectivity index (χ2v) is 4.17. The van der Waals surface area contributed by atoms with E-state index in [1.54, 1.807) is 25.5 Å². The fourth-order valence-electron chi connectivity index (χ4n) is 1.39. The molecule has 0 aromatic carbocycles. The number of methoxy groups -OCH3 is 1. The van der Waals surface area contributed by atoms with Gasteiger partial charge in [0, 0.05) is 25.0 Å². The predicted octanol–water partition coefficient (Wildman–Crippen LogP) is 2.90. The molecular formula is C11H10Cl2N4O. The Hall–Kier alpha value is -1.59. The summed E-state index contributed by atoms with van der Waals surface area (Å²) in [4.78, 5) is 12.3. The normalized spacial score (nSPS) is 10.2. The SMILES string of the molecule is CNc1nc(-c2cnc(OC)nc2)c(Cl)cc1Cl. The van der Waals surface area contributed by atoms with Crippen LogP contribution in [-0.4, -0.2) is 29.1 Å². The summed E-state index contributed by atoms with van der Waals surface area (Å²) in [5.41, 5.74) is 1.25. The molecule has 94 valence electrons. The van der Waals surface area contributed by atoms with Crippen LogP contribution in [0.5, 0.6) is 6.01 Å². The lowest BCUT2D eigenvalue weighted by Gasteiger charge is -2.08. The second kappa shape index (κ2) is 5.37. The van der Waals surface area contributed by atoms with Gasteiger partial charge in [-0.05, 0) is 6.07 Å². The van der Waals surface area contributed by atoms with Crippen molar-refractivity contribution in [3.05, 3.63) is 28.5 Å². The molecule has 0 bridgehead atoms. The largest absolute Gasteiger partial charge is 0.467 e. The molecule has 0 unspecified atom stereocenters. The highest BCUT2D eigenvalue weighted by molar-refractivity contribution is 6.37. The Labute approximate surface area is 114 Å². The Morgan fingerprint density at radius 2 is 1.83 bits per heavy atom. The minimum atomic E-state index is 0.290. The summed E-state index contributed by atoms with van der Waals surface area (Å²) in [5.74, 6) is 0.548. The summed E-state index contributed by atoms with van der Waals surface area (Å²) >= 11 is 12.1. The molecule has 18 heavy (non-hydrogen) atoms. The Kier molecular flexibility index (Phi) is 3.84. The summed E-state index contributed by atoms with van der Waals surface area (Å²) in [6.07, 6.45) is 3.18. The monoisotopic (exact) mass is 284 g/mol. The minimum Gasteiger partial charge on any atom is -0.467 e. The lowest BCUT2D eigenvalue weighted by atomic mass is 10.2. The lowest BCUT2D eigenvalue weighted by Crippen LogP contribution is -1.97. The number of ether oxygens (including phenoxy) is 1. The van der Waals surface area contributed by atoms with E-state index in [1.165, 1.54) is 7.11 Å². The van der Waals surface area contributed by atoms with Crippen molar-refractivity contribution in [3.8, 4) is 17.3 Å². The molecule has 0 aliphatic carbocycles. The molecule has 2 aromatic rings. The molecule has 0 atom stereocenters. The number of aromatic nitrogens is 3. The Morgan fingerprint density at radius 3 is 2.39 bits per heavy atom. The van der Waals surface area contributed by atoms with Crippen LogP contribution in [0.15, 0.2) is 18.5 Å². The second-order valence-electron chi connectivity index (χ2n) is 3.36. The third kappa shape index (κ3) is 2.47. The number of nitrogens with one attached hydrogen (secondary N) is 1. The Balaban J connectivity index is 2.48. The van der Waals surface area contributed by atoms with Crippen LogP contribution in [0.25, 0.3) is 11.3 Å². The van der Waals surface area contributed by atoms with Gasteiger partial charge in [0.1, 0.15) is 5.82 Å². The summed E-state index contributed by atoms with van der Waals surface area (Å²) in [6.45, 7) is 0. The number of hydrogen-bond acceptors (Lipinski definition) is 5. The van der Waals surface area contributed by atoms with E-state index >= 15 is 0 Å². The van der Waals surface area contributed by atoms with Gasteiger partial charge in [0.15, 0.2) is 0 Å². The Bertz CT molecular complexity index is 560. The number of nitrogens with zero attached hydrogens (tertiary/aromatic N) is 3. The van der Waals surface area contributed by atoms with Crippen LogP contribution in [-0.2, 0) is 0 Å². The molecule has 2 rings (SSSR count). The maximum absolute atomic E-state index is 6.11. The van der Waals surface area contributed by atoms with Crippen molar-refractivity contribution in [3.63, 3.8) is 0 Å². The fraction of sp³-hybridized carbons (Fsp3) is 0.182. The molecular weight excluding hydrogens is 275 g/mol. The van der Waals surface area contributed by atoms with Crippen molar-refractivity contribution in [2.75, 3.05) is 19.5 Å². The molecule has 5 nitrogen and oxygen atoms in total. The summed E-state index contributed by atoms with van der Waals surface area (Å²) in [5, 5.41) is 3.78. The highest BCUT2D eigenvalue weighted by atomic mass is 35.5. The van der Waals surface area contributed by atoms with Crippen LogP contribution < -0.4 is 10.1 Å². The van der Waals surface area contributed by atoms with Crippen LogP contribution in [0.2, 0.25) is 10.0 Å². The Morgan fingerprint density at radius 1 is 1.17 bits per heavy atom. The van der Waals surface area contributed by atoms with Crippen molar-refractivity contribution in [2.24, 2.45) is 0 Å². The third-order valence-electron chi connectivity index (χ3n) is 2.25. The first-order valence-electron chi connectivity index (χ1n) is 5.06. The quantitative estimate of drug-likeness (QED) is 0.939. The standard InChI is InChI=1S/C11H10Cl2N4O/c1-14-10-8(13)3-7(12)9(17-10)6-4-15-11(18-2)16-5-6/h3-5H,1-2H3,(H,14,17). The van der Waals surface area contributed by atoms with Crippen molar-refractivity contribution < 1.29 is 4.74 Å². The summed E-state index contributed by atoms with van der Waals surface area (Å²) in [6, 6.07) is 1.92. The molecule has 0 radical (unpaired) electrons. The zero-order valence-electron chi connectivity index (χ0n) is 9.74. The van der Waals surface area contributed by atoms with Gasteiger partial charge >= 0.3 is 6.01 Å². The third-order valence-corrected chi connectivity index (χ3v) is 2.83. The molecule has 0 fully saturated rings. The molecule has 2 aromatic heterocycles. The van der Waals surface area contributed by atoms with E-state index in [0.29, 0.717) is 27.1 Å². The van der Waals surface area contributed by atoms with Crippen LogP contribution in [0.1, 0.15) is 0 Å². The summed E-state index contributed by atoms with van der Waals surface area (Å²) in [7, 11) is 3.23. The molecule has 2 heterocycles. The number of hydrogen-bond donors (Lipinski definition) is 1. The van der Waals surface area contributed by atoms with Crippen LogP contribution >= 0.6 is 23.2 Å². The van der Waals surface area contributed by atoms with E-state index in [1.807, 2.05) is 0 Å². The molecule has 0 saturated heterocycles. The van der Waals surface area contributed by atoms with E-state index < -0.39 is 0 Å². The van der Waals surface area contributed by atoms with Gasteiger partial charge in [-0.3, -0.25) is 0 Å². The smallest absolute Gasteiger partial charge is 0.316 e. The topological polar surface area (TPSA) is 59.9 Å². The zero-order chi connectivity index (χ0) is 13.1. The number of pyridine rings is 1. The van der Waals surface area contributed by atoms with Crippen LogP contribution in [0, 0.1) is 0 Å². The molecule has 7 heteroatoms. The van der Waals surface area contributed by atoms with Crippen LogP contribution in [0.3, 0.4) is 0 Å². The number of anilines is 1. The van der Waals surface area contributed by atoms with Gasteiger partial charge in [-0.1, -0.05) is 23.2 Å². The highest BCUT2D eigenvalue weighted by Gasteiger charge is 2.11. The lowest BCUT2D eigenvalue weighted by molar-refractivity contribution is 0.380. The molecule has 0 saturated carbocycles. The minimum absolute atomic E-state index is 0.290. The van der Waals surface area contributed by atoms with E-state index in [0.717, 1.165) is 0 Å².